The van der Waals surface area contributed by atoms with Crippen molar-refractivity contribution in [2.75, 3.05) is 6.61 Å². The molecule has 1 aliphatic heterocycles. The fraction of sp³-hybridized carbons (Fsp3) is 0.500. The second-order valence-corrected chi connectivity index (χ2v) is 3.78. The lowest BCUT2D eigenvalue weighted by atomic mass is 10.2. The molecule has 0 aromatic heterocycles. The van der Waals surface area contributed by atoms with E-state index in [-0.39, 0.29) is 17.9 Å². The van der Waals surface area contributed by atoms with Crippen molar-refractivity contribution in [3.05, 3.63) is 24.3 Å². The Morgan fingerprint density at radius 3 is 2.69 bits per heavy atom. The van der Waals surface area contributed by atoms with E-state index in [1.165, 1.54) is 19.1 Å². The Bertz CT molecular complexity index is 314. The Hall–Kier alpha value is -1.42. The van der Waals surface area contributed by atoms with Crippen LogP contribution in [0, 0.1) is 0 Å². The Morgan fingerprint density at radius 2 is 2.12 bits per heavy atom. The number of nitrogens with one attached hydrogen (secondary N) is 1. The Labute approximate surface area is 95.4 Å². The van der Waals surface area contributed by atoms with E-state index in [1.807, 2.05) is 0 Å². The maximum atomic E-state index is 11.4. The van der Waals surface area contributed by atoms with Crippen LogP contribution in [-0.4, -0.2) is 24.5 Å². The van der Waals surface area contributed by atoms with Gasteiger partial charge in [-0.3, -0.25) is 9.59 Å². The minimum absolute atomic E-state index is 0.141. The van der Waals surface area contributed by atoms with Crippen LogP contribution >= 0.6 is 0 Å². The third kappa shape index (κ3) is 4.40. The molecule has 0 bridgehead atoms. The van der Waals surface area contributed by atoms with Crippen LogP contribution in [0.2, 0.25) is 0 Å². The molecule has 0 spiro atoms. The van der Waals surface area contributed by atoms with Crippen LogP contribution in [0.5, 0.6) is 0 Å². The third-order valence-corrected chi connectivity index (χ3v) is 2.37. The van der Waals surface area contributed by atoms with E-state index < -0.39 is 0 Å². The average molecular weight is 223 g/mol. The van der Waals surface area contributed by atoms with Crippen molar-refractivity contribution in [3.63, 3.8) is 0 Å². The topological polar surface area (TPSA) is 55.4 Å². The first-order valence-corrected chi connectivity index (χ1v) is 5.39. The van der Waals surface area contributed by atoms with Crippen molar-refractivity contribution in [3.8, 4) is 0 Å². The van der Waals surface area contributed by atoms with E-state index in [0.29, 0.717) is 12.2 Å². The molecule has 1 rings (SSSR count). The first-order valence-electron chi connectivity index (χ1n) is 5.39. The Morgan fingerprint density at radius 1 is 1.38 bits per heavy atom. The van der Waals surface area contributed by atoms with Crippen molar-refractivity contribution >= 4 is 11.7 Å². The summed E-state index contributed by atoms with van der Waals surface area (Å²) in [7, 11) is 0. The van der Waals surface area contributed by atoms with Crippen LogP contribution in [0.3, 0.4) is 0 Å². The summed E-state index contributed by atoms with van der Waals surface area (Å²) < 4.78 is 5.35. The molecule has 1 N–H and O–H groups in total. The number of hydrogen-bond acceptors (Lipinski definition) is 3. The fourth-order valence-electron chi connectivity index (χ4n) is 1.35. The lowest BCUT2D eigenvalue weighted by Gasteiger charge is -2.22. The molecule has 1 heterocycles. The summed E-state index contributed by atoms with van der Waals surface area (Å²) in [5.41, 5.74) is 0.319. The van der Waals surface area contributed by atoms with Gasteiger partial charge in [0, 0.05) is 18.3 Å². The predicted octanol–water partition coefficient (Wildman–Crippen LogP) is 1.33. The lowest BCUT2D eigenvalue weighted by molar-refractivity contribution is -0.122. The fourth-order valence-corrected chi connectivity index (χ4v) is 1.35. The molecule has 88 valence electrons. The first kappa shape index (κ1) is 12.6. The highest BCUT2D eigenvalue weighted by Crippen LogP contribution is 2.10. The van der Waals surface area contributed by atoms with Gasteiger partial charge in [-0.05, 0) is 32.3 Å². The van der Waals surface area contributed by atoms with Crippen LogP contribution in [0.1, 0.15) is 26.2 Å². The van der Waals surface area contributed by atoms with Gasteiger partial charge in [0.05, 0.1) is 0 Å². The van der Waals surface area contributed by atoms with Gasteiger partial charge in [0.2, 0.25) is 5.91 Å². The van der Waals surface area contributed by atoms with Gasteiger partial charge in [-0.25, -0.2) is 0 Å². The van der Waals surface area contributed by atoms with Crippen LogP contribution in [-0.2, 0) is 14.3 Å². The Balaban J connectivity index is 2.34. The van der Waals surface area contributed by atoms with Gasteiger partial charge >= 0.3 is 0 Å². The van der Waals surface area contributed by atoms with Crippen LogP contribution in [0.25, 0.3) is 0 Å². The largest absolute Gasteiger partial charge is 0.359 e. The van der Waals surface area contributed by atoms with Gasteiger partial charge in [-0.15, -0.1) is 0 Å². The molecule has 0 aromatic rings. The van der Waals surface area contributed by atoms with Crippen molar-refractivity contribution in [2.24, 2.45) is 0 Å². The molecule has 1 unspecified atom stereocenters. The number of ketones is 1. The number of hydrogen-bond donors (Lipinski definition) is 1. The molecule has 1 aliphatic rings. The second kappa shape index (κ2) is 6.23. The molecule has 1 saturated heterocycles. The molecule has 1 amide bonds. The van der Waals surface area contributed by atoms with E-state index in [0.717, 1.165) is 19.3 Å². The number of amides is 1. The van der Waals surface area contributed by atoms with Crippen molar-refractivity contribution in [1.29, 1.82) is 0 Å². The van der Waals surface area contributed by atoms with E-state index in [2.05, 4.69) is 11.9 Å². The average Bonchev–Trinajstić information content (AvgIpc) is 2.27. The smallest absolute Gasteiger partial charge is 0.245 e. The van der Waals surface area contributed by atoms with Gasteiger partial charge < -0.3 is 10.1 Å². The maximum Gasteiger partial charge on any atom is 0.245 e. The number of allylic oxidation sites excluding steroid dienone is 2. The molecule has 4 heteroatoms. The lowest BCUT2D eigenvalue weighted by Crippen LogP contribution is -2.38. The Kier molecular flexibility index (Phi) is 4.92. The summed E-state index contributed by atoms with van der Waals surface area (Å²) in [6, 6.07) is 0. The van der Waals surface area contributed by atoms with E-state index in [1.54, 1.807) is 0 Å². The molecule has 0 aliphatic carbocycles. The molecular formula is C12H17NO3. The van der Waals surface area contributed by atoms with Crippen LogP contribution < -0.4 is 5.32 Å². The van der Waals surface area contributed by atoms with Gasteiger partial charge in [0.25, 0.3) is 0 Å². The minimum atomic E-state index is -0.255. The van der Waals surface area contributed by atoms with Gasteiger partial charge in [-0.2, -0.15) is 0 Å². The van der Waals surface area contributed by atoms with Gasteiger partial charge in [0.1, 0.15) is 6.23 Å². The zero-order chi connectivity index (χ0) is 12.0. The molecule has 1 fully saturated rings. The van der Waals surface area contributed by atoms with Gasteiger partial charge in [0.15, 0.2) is 5.78 Å². The standard InChI is InChI=1S/C12H17NO3/c1-9(10(2)14)6-7-11(15)13-12-5-3-4-8-16-12/h6-7,12H,1,3-5,8H2,2H3,(H,13,15)/b7-6-. The third-order valence-electron chi connectivity index (χ3n) is 2.37. The summed E-state index contributed by atoms with van der Waals surface area (Å²) in [6.07, 6.45) is 5.48. The number of ether oxygens (including phenoxy) is 1. The highest BCUT2D eigenvalue weighted by molar-refractivity contribution is 5.97. The molecule has 0 saturated carbocycles. The number of carbonyl (C=O) groups excluding carboxylic acids is 2. The van der Waals surface area contributed by atoms with Crippen molar-refractivity contribution < 1.29 is 14.3 Å². The molecule has 4 nitrogen and oxygen atoms in total. The van der Waals surface area contributed by atoms with Gasteiger partial charge in [-0.1, -0.05) is 6.58 Å². The molecular weight excluding hydrogens is 206 g/mol. The van der Waals surface area contributed by atoms with Crippen LogP contribution in [0.4, 0.5) is 0 Å². The van der Waals surface area contributed by atoms with Crippen molar-refractivity contribution in [1.82, 2.24) is 5.32 Å². The summed E-state index contributed by atoms with van der Waals surface area (Å²) in [5, 5.41) is 2.71. The first-order chi connectivity index (χ1) is 7.59. The number of rotatable bonds is 4. The highest BCUT2D eigenvalue weighted by Gasteiger charge is 2.14. The molecule has 0 radical (unpaired) electrons. The highest BCUT2D eigenvalue weighted by atomic mass is 16.5. The SMILES string of the molecule is C=C(/C=C\C(=O)NC1CCCCO1)C(C)=O. The van der Waals surface area contributed by atoms with E-state index in [9.17, 15) is 9.59 Å². The summed E-state index contributed by atoms with van der Waals surface area (Å²) in [4.78, 5) is 22.2. The minimum Gasteiger partial charge on any atom is -0.359 e. The summed E-state index contributed by atoms with van der Waals surface area (Å²) >= 11 is 0. The zero-order valence-corrected chi connectivity index (χ0v) is 9.49. The maximum absolute atomic E-state index is 11.4. The van der Waals surface area contributed by atoms with E-state index >= 15 is 0 Å². The second-order valence-electron chi connectivity index (χ2n) is 3.78. The normalized spacial score (nSPS) is 20.7. The summed E-state index contributed by atoms with van der Waals surface area (Å²) in [5.74, 6) is -0.396. The number of Topliss-reactive ketones (excluding diaryl/α,β-unsaturated/α-hetero) is 1. The quantitative estimate of drug-likeness (QED) is 0.578. The van der Waals surface area contributed by atoms with Crippen molar-refractivity contribution in [2.45, 2.75) is 32.4 Å². The zero-order valence-electron chi connectivity index (χ0n) is 9.49. The van der Waals surface area contributed by atoms with Crippen LogP contribution in [0.15, 0.2) is 24.3 Å². The monoisotopic (exact) mass is 223 g/mol. The molecule has 1 atom stereocenters. The molecule has 0 aromatic carbocycles. The molecule has 16 heavy (non-hydrogen) atoms. The van der Waals surface area contributed by atoms with E-state index in [4.69, 9.17) is 4.74 Å². The summed E-state index contributed by atoms with van der Waals surface area (Å²) in [6.45, 7) is 5.63. The number of carbonyl (C=O) groups is 2. The predicted molar refractivity (Wildman–Crippen MR) is 60.7 cm³/mol.